The molecule has 3 nitrogen and oxygen atoms in total. The molecule has 116 valence electrons. The van der Waals surface area contributed by atoms with Crippen molar-refractivity contribution in [3.8, 4) is 0 Å². The van der Waals surface area contributed by atoms with Crippen LogP contribution in [0.2, 0.25) is 0 Å². The molecule has 0 spiro atoms. The number of nitrogens with one attached hydrogen (secondary N) is 1. The molecule has 0 aliphatic heterocycles. The Bertz CT molecular complexity index is 211. The lowest BCUT2D eigenvalue weighted by atomic mass is 9.84. The summed E-state index contributed by atoms with van der Waals surface area (Å²) < 4.78 is 0. The molecule has 0 fully saturated rings. The van der Waals surface area contributed by atoms with Gasteiger partial charge in [0.25, 0.3) is 0 Å². The van der Waals surface area contributed by atoms with E-state index in [2.05, 4.69) is 51.8 Å². The fraction of sp³-hybridized carbons (Fsp3) is 1.00. The van der Waals surface area contributed by atoms with Crippen LogP contribution in [0.1, 0.15) is 60.8 Å². The number of aliphatic hydroxyl groups is 1. The van der Waals surface area contributed by atoms with Crippen molar-refractivity contribution in [2.75, 3.05) is 26.2 Å². The molecule has 0 amide bonds. The topological polar surface area (TPSA) is 35.5 Å². The van der Waals surface area contributed by atoms with Crippen LogP contribution in [-0.4, -0.2) is 48.3 Å². The van der Waals surface area contributed by atoms with E-state index in [9.17, 15) is 0 Å². The highest BCUT2D eigenvalue weighted by molar-refractivity contribution is 4.82. The first-order valence-corrected chi connectivity index (χ1v) is 7.91. The van der Waals surface area contributed by atoms with E-state index in [0.717, 1.165) is 26.1 Å². The molecule has 0 radical (unpaired) electrons. The van der Waals surface area contributed by atoms with Crippen LogP contribution in [0.3, 0.4) is 0 Å². The van der Waals surface area contributed by atoms with Crippen molar-refractivity contribution >= 4 is 0 Å². The molecule has 0 aromatic carbocycles. The van der Waals surface area contributed by atoms with Crippen LogP contribution < -0.4 is 5.32 Å². The second kappa shape index (κ2) is 9.73. The molecular formula is C16H36N2O. The fourth-order valence-electron chi connectivity index (χ4n) is 2.36. The quantitative estimate of drug-likeness (QED) is 0.642. The number of nitrogens with zero attached hydrogens (tertiary/aromatic N) is 1. The van der Waals surface area contributed by atoms with E-state index in [1.807, 2.05) is 0 Å². The Morgan fingerprint density at radius 2 is 1.79 bits per heavy atom. The van der Waals surface area contributed by atoms with Crippen LogP contribution in [0.4, 0.5) is 0 Å². The highest BCUT2D eigenvalue weighted by atomic mass is 16.3. The minimum Gasteiger partial charge on any atom is -0.396 e. The second-order valence-corrected chi connectivity index (χ2v) is 6.87. The van der Waals surface area contributed by atoms with Gasteiger partial charge in [-0.25, -0.2) is 0 Å². The van der Waals surface area contributed by atoms with Crippen molar-refractivity contribution in [3.05, 3.63) is 0 Å². The van der Waals surface area contributed by atoms with Crippen molar-refractivity contribution in [1.82, 2.24) is 10.2 Å². The van der Waals surface area contributed by atoms with E-state index in [-0.39, 0.29) is 0 Å². The predicted molar refractivity (Wildman–Crippen MR) is 84.6 cm³/mol. The van der Waals surface area contributed by atoms with E-state index in [1.165, 1.54) is 12.8 Å². The lowest BCUT2D eigenvalue weighted by Gasteiger charge is -2.35. The number of hydrogen-bond acceptors (Lipinski definition) is 3. The molecule has 0 aromatic rings. The molecule has 3 heteroatoms. The smallest absolute Gasteiger partial charge is 0.0443 e. The van der Waals surface area contributed by atoms with Crippen molar-refractivity contribution in [2.24, 2.45) is 5.41 Å². The maximum atomic E-state index is 8.98. The Hall–Kier alpha value is -0.120. The average Bonchev–Trinajstić information content (AvgIpc) is 2.30. The molecule has 0 saturated heterocycles. The number of hydrogen-bond donors (Lipinski definition) is 2. The summed E-state index contributed by atoms with van der Waals surface area (Å²) in [7, 11) is 0. The van der Waals surface area contributed by atoms with Crippen LogP contribution in [0, 0.1) is 5.41 Å². The summed E-state index contributed by atoms with van der Waals surface area (Å²) in [5.74, 6) is 0. The maximum Gasteiger partial charge on any atom is 0.0443 e. The van der Waals surface area contributed by atoms with Gasteiger partial charge in [-0.05, 0) is 51.6 Å². The Morgan fingerprint density at radius 3 is 2.21 bits per heavy atom. The van der Waals surface area contributed by atoms with E-state index in [1.54, 1.807) is 0 Å². The third-order valence-electron chi connectivity index (χ3n) is 3.72. The van der Waals surface area contributed by atoms with Gasteiger partial charge in [-0.2, -0.15) is 0 Å². The van der Waals surface area contributed by atoms with E-state index in [0.29, 0.717) is 24.1 Å². The van der Waals surface area contributed by atoms with Gasteiger partial charge in [0, 0.05) is 25.2 Å². The molecule has 1 unspecified atom stereocenters. The monoisotopic (exact) mass is 272 g/mol. The van der Waals surface area contributed by atoms with Gasteiger partial charge in [0.15, 0.2) is 0 Å². The Balaban J connectivity index is 4.32. The van der Waals surface area contributed by atoms with Crippen LogP contribution in [0.25, 0.3) is 0 Å². The number of rotatable bonds is 10. The summed E-state index contributed by atoms with van der Waals surface area (Å²) in [5.41, 5.74) is 0.300. The molecule has 2 N–H and O–H groups in total. The number of aliphatic hydroxyl groups excluding tert-OH is 1. The predicted octanol–water partition coefficient (Wildman–Crippen LogP) is 2.88. The molecule has 0 aliphatic carbocycles. The fourth-order valence-corrected chi connectivity index (χ4v) is 2.36. The zero-order valence-corrected chi connectivity index (χ0v) is 14.0. The highest BCUT2D eigenvalue weighted by Crippen LogP contribution is 2.22. The normalized spacial score (nSPS) is 14.4. The zero-order valence-electron chi connectivity index (χ0n) is 14.0. The first-order valence-electron chi connectivity index (χ1n) is 7.91. The van der Waals surface area contributed by atoms with Gasteiger partial charge in [-0.15, -0.1) is 0 Å². The molecule has 0 rings (SSSR count). The molecule has 19 heavy (non-hydrogen) atoms. The van der Waals surface area contributed by atoms with Crippen molar-refractivity contribution < 1.29 is 5.11 Å². The summed E-state index contributed by atoms with van der Waals surface area (Å²) in [5, 5.41) is 12.7. The molecule has 0 saturated carbocycles. The van der Waals surface area contributed by atoms with Crippen molar-refractivity contribution in [1.29, 1.82) is 0 Å². The molecule has 0 heterocycles. The zero-order chi connectivity index (χ0) is 14.9. The van der Waals surface area contributed by atoms with Crippen LogP contribution in [0.15, 0.2) is 0 Å². The molecule has 0 aliphatic rings. The van der Waals surface area contributed by atoms with Crippen molar-refractivity contribution in [3.63, 3.8) is 0 Å². The van der Waals surface area contributed by atoms with Gasteiger partial charge in [-0.1, -0.05) is 27.7 Å². The maximum absolute atomic E-state index is 8.98. The van der Waals surface area contributed by atoms with Gasteiger partial charge in [0.05, 0.1) is 0 Å². The Labute approximate surface area is 120 Å². The average molecular weight is 272 g/mol. The van der Waals surface area contributed by atoms with Crippen LogP contribution >= 0.6 is 0 Å². The van der Waals surface area contributed by atoms with E-state index in [4.69, 9.17) is 5.11 Å². The third kappa shape index (κ3) is 8.61. The Kier molecular flexibility index (Phi) is 9.67. The first-order chi connectivity index (χ1) is 8.82. The lowest BCUT2D eigenvalue weighted by molar-refractivity contribution is 0.164. The van der Waals surface area contributed by atoms with Gasteiger partial charge in [0.1, 0.15) is 0 Å². The van der Waals surface area contributed by atoms with E-state index >= 15 is 0 Å². The summed E-state index contributed by atoms with van der Waals surface area (Å²) in [6.07, 6.45) is 3.23. The molecule has 0 aromatic heterocycles. The Morgan fingerprint density at radius 1 is 1.16 bits per heavy atom. The largest absolute Gasteiger partial charge is 0.396 e. The van der Waals surface area contributed by atoms with Crippen molar-refractivity contribution in [2.45, 2.75) is 72.9 Å². The standard InChI is InChI=1S/C16H36N2O/c1-7-10-17-15(16(4,5)6)9-12-18(14(2)3)11-8-13-19/h14-15,17,19H,7-13H2,1-6H3. The van der Waals surface area contributed by atoms with Gasteiger partial charge >= 0.3 is 0 Å². The second-order valence-electron chi connectivity index (χ2n) is 6.87. The summed E-state index contributed by atoms with van der Waals surface area (Å²) in [4.78, 5) is 2.47. The summed E-state index contributed by atoms with van der Waals surface area (Å²) in [6, 6.07) is 1.11. The van der Waals surface area contributed by atoms with Crippen LogP contribution in [0.5, 0.6) is 0 Å². The minimum absolute atomic E-state index is 0.292. The van der Waals surface area contributed by atoms with Crippen LogP contribution in [-0.2, 0) is 0 Å². The summed E-state index contributed by atoms with van der Waals surface area (Å²) in [6.45, 7) is 17.1. The third-order valence-corrected chi connectivity index (χ3v) is 3.72. The van der Waals surface area contributed by atoms with Gasteiger partial charge in [0.2, 0.25) is 0 Å². The highest BCUT2D eigenvalue weighted by Gasteiger charge is 2.24. The SMILES string of the molecule is CCCNC(CCN(CCCO)C(C)C)C(C)(C)C. The molecule has 0 bridgehead atoms. The van der Waals surface area contributed by atoms with Gasteiger partial charge in [-0.3, -0.25) is 0 Å². The van der Waals surface area contributed by atoms with Gasteiger partial charge < -0.3 is 15.3 Å². The summed E-state index contributed by atoms with van der Waals surface area (Å²) >= 11 is 0. The lowest BCUT2D eigenvalue weighted by Crippen LogP contribution is -2.44. The first kappa shape index (κ1) is 18.9. The molecule has 1 atom stereocenters. The molecular weight excluding hydrogens is 236 g/mol. The van der Waals surface area contributed by atoms with E-state index < -0.39 is 0 Å². The minimum atomic E-state index is 0.292.